The van der Waals surface area contributed by atoms with Crippen LogP contribution in [0.2, 0.25) is 0 Å². The Balaban J connectivity index is 1.54. The van der Waals surface area contributed by atoms with E-state index in [9.17, 15) is 4.79 Å². The molecular formula is C15H16IN3O. The topological polar surface area (TPSA) is 46.9 Å². The van der Waals surface area contributed by atoms with Gasteiger partial charge in [0.1, 0.15) is 5.82 Å². The number of hydrogen-bond acceptors (Lipinski definition) is 2. The molecule has 0 radical (unpaired) electrons. The number of amides is 1. The standard InChI is InChI=1S/C15H16IN3O/c16-13-3-1-2-12(10-13)15(20)18-7-9-19-8-6-17-14(19)11-4-5-11/h1-3,6,8,10-11H,4-5,7,9H2,(H,18,20). The van der Waals surface area contributed by atoms with Crippen molar-refractivity contribution in [3.63, 3.8) is 0 Å². The minimum Gasteiger partial charge on any atom is -0.350 e. The molecule has 0 aliphatic heterocycles. The van der Waals surface area contributed by atoms with Crippen molar-refractivity contribution in [3.05, 3.63) is 51.6 Å². The molecule has 1 amide bonds. The number of carbonyl (C=O) groups is 1. The molecule has 1 heterocycles. The first-order valence-corrected chi connectivity index (χ1v) is 7.87. The number of imidazole rings is 1. The quantitative estimate of drug-likeness (QED) is 0.810. The molecule has 2 aromatic rings. The van der Waals surface area contributed by atoms with Gasteiger partial charge in [0.05, 0.1) is 0 Å². The first kappa shape index (κ1) is 13.6. The number of nitrogens with one attached hydrogen (secondary N) is 1. The van der Waals surface area contributed by atoms with E-state index in [0.717, 1.165) is 15.9 Å². The van der Waals surface area contributed by atoms with Gasteiger partial charge in [-0.3, -0.25) is 4.79 Å². The Morgan fingerprint density at radius 1 is 1.45 bits per heavy atom. The van der Waals surface area contributed by atoms with Crippen LogP contribution in [0, 0.1) is 3.57 Å². The first-order valence-electron chi connectivity index (χ1n) is 6.79. The van der Waals surface area contributed by atoms with Crippen LogP contribution in [0.15, 0.2) is 36.7 Å². The fraction of sp³-hybridized carbons (Fsp3) is 0.333. The lowest BCUT2D eigenvalue weighted by molar-refractivity contribution is 0.0952. The highest BCUT2D eigenvalue weighted by Crippen LogP contribution is 2.38. The Labute approximate surface area is 131 Å². The summed E-state index contributed by atoms with van der Waals surface area (Å²) in [5.41, 5.74) is 0.713. The summed E-state index contributed by atoms with van der Waals surface area (Å²) < 4.78 is 3.22. The zero-order chi connectivity index (χ0) is 13.9. The predicted octanol–water partition coefficient (Wildman–Crippen LogP) is 2.80. The highest BCUT2D eigenvalue weighted by molar-refractivity contribution is 14.1. The van der Waals surface area contributed by atoms with Crippen molar-refractivity contribution < 1.29 is 4.79 Å². The molecule has 1 saturated carbocycles. The Morgan fingerprint density at radius 2 is 2.30 bits per heavy atom. The molecular weight excluding hydrogens is 365 g/mol. The van der Waals surface area contributed by atoms with E-state index in [1.165, 1.54) is 12.8 Å². The maximum absolute atomic E-state index is 12.0. The lowest BCUT2D eigenvalue weighted by Gasteiger charge is -2.09. The zero-order valence-electron chi connectivity index (χ0n) is 11.1. The van der Waals surface area contributed by atoms with Gasteiger partial charge in [0, 0.05) is 40.5 Å². The van der Waals surface area contributed by atoms with Crippen LogP contribution in [0.4, 0.5) is 0 Å². The fourth-order valence-corrected chi connectivity index (χ4v) is 2.78. The maximum atomic E-state index is 12.0. The first-order chi connectivity index (χ1) is 9.74. The van der Waals surface area contributed by atoms with Gasteiger partial charge in [-0.1, -0.05) is 6.07 Å². The summed E-state index contributed by atoms with van der Waals surface area (Å²) in [6.45, 7) is 1.40. The minimum atomic E-state index is -0.0170. The highest BCUT2D eigenvalue weighted by atomic mass is 127. The monoisotopic (exact) mass is 381 g/mol. The number of halogens is 1. The van der Waals surface area contributed by atoms with Crippen molar-refractivity contribution >= 4 is 28.5 Å². The predicted molar refractivity (Wildman–Crippen MR) is 85.7 cm³/mol. The molecule has 0 bridgehead atoms. The minimum absolute atomic E-state index is 0.0170. The molecule has 4 nitrogen and oxygen atoms in total. The third-order valence-electron chi connectivity index (χ3n) is 3.42. The van der Waals surface area contributed by atoms with Crippen LogP contribution in [0.5, 0.6) is 0 Å². The van der Waals surface area contributed by atoms with E-state index in [2.05, 4.69) is 37.5 Å². The third-order valence-corrected chi connectivity index (χ3v) is 4.09. The van der Waals surface area contributed by atoms with E-state index in [1.807, 2.05) is 36.7 Å². The van der Waals surface area contributed by atoms with Crippen molar-refractivity contribution in [2.75, 3.05) is 6.54 Å². The summed E-state index contributed by atoms with van der Waals surface area (Å²) in [6.07, 6.45) is 6.32. The molecule has 20 heavy (non-hydrogen) atoms. The van der Waals surface area contributed by atoms with Crippen LogP contribution in [0.1, 0.15) is 34.9 Å². The molecule has 5 heteroatoms. The second-order valence-corrected chi connectivity index (χ2v) is 6.26. The van der Waals surface area contributed by atoms with E-state index in [4.69, 9.17) is 0 Å². The Bertz CT molecular complexity index is 619. The summed E-state index contributed by atoms with van der Waals surface area (Å²) in [4.78, 5) is 16.4. The van der Waals surface area contributed by atoms with E-state index in [-0.39, 0.29) is 5.91 Å². The average Bonchev–Trinajstić information content (AvgIpc) is 3.18. The van der Waals surface area contributed by atoms with Crippen molar-refractivity contribution in [2.45, 2.75) is 25.3 Å². The van der Waals surface area contributed by atoms with Crippen molar-refractivity contribution in [1.82, 2.24) is 14.9 Å². The molecule has 1 aliphatic carbocycles. The second-order valence-electron chi connectivity index (χ2n) is 5.02. The summed E-state index contributed by atoms with van der Waals surface area (Å²) in [5, 5.41) is 2.96. The van der Waals surface area contributed by atoms with Crippen molar-refractivity contribution in [2.24, 2.45) is 0 Å². The number of nitrogens with zero attached hydrogens (tertiary/aromatic N) is 2. The van der Waals surface area contributed by atoms with Gasteiger partial charge in [-0.25, -0.2) is 4.98 Å². The average molecular weight is 381 g/mol. The summed E-state index contributed by atoms with van der Waals surface area (Å²) in [5.74, 6) is 1.78. The van der Waals surface area contributed by atoms with E-state index in [0.29, 0.717) is 18.0 Å². The molecule has 104 valence electrons. The molecule has 1 N–H and O–H groups in total. The van der Waals surface area contributed by atoms with E-state index in [1.54, 1.807) is 0 Å². The lowest BCUT2D eigenvalue weighted by Crippen LogP contribution is -2.27. The van der Waals surface area contributed by atoms with Crippen molar-refractivity contribution in [3.8, 4) is 0 Å². The van der Waals surface area contributed by atoms with Crippen LogP contribution >= 0.6 is 22.6 Å². The van der Waals surface area contributed by atoms with Gasteiger partial charge in [-0.2, -0.15) is 0 Å². The number of hydrogen-bond donors (Lipinski definition) is 1. The summed E-state index contributed by atoms with van der Waals surface area (Å²) in [7, 11) is 0. The molecule has 1 fully saturated rings. The number of aromatic nitrogens is 2. The Hall–Kier alpha value is -1.37. The van der Waals surface area contributed by atoms with Gasteiger partial charge < -0.3 is 9.88 Å². The largest absolute Gasteiger partial charge is 0.350 e. The van der Waals surface area contributed by atoms with E-state index >= 15 is 0 Å². The molecule has 1 aliphatic rings. The second kappa shape index (κ2) is 5.95. The number of rotatable bonds is 5. The van der Waals surface area contributed by atoms with E-state index < -0.39 is 0 Å². The summed E-state index contributed by atoms with van der Waals surface area (Å²) in [6, 6.07) is 7.61. The van der Waals surface area contributed by atoms with Crippen LogP contribution in [0.3, 0.4) is 0 Å². The SMILES string of the molecule is O=C(NCCn1ccnc1C1CC1)c1cccc(I)c1. The molecule has 1 aromatic carbocycles. The van der Waals surface area contributed by atoms with Gasteiger partial charge in [0.15, 0.2) is 0 Å². The maximum Gasteiger partial charge on any atom is 0.251 e. The van der Waals surface area contributed by atoms with Gasteiger partial charge in [-0.15, -0.1) is 0 Å². The fourth-order valence-electron chi connectivity index (χ4n) is 2.23. The Kier molecular flexibility index (Phi) is 4.05. The number of benzene rings is 1. The molecule has 1 aromatic heterocycles. The summed E-state index contributed by atoms with van der Waals surface area (Å²) >= 11 is 2.21. The van der Waals surface area contributed by atoms with Gasteiger partial charge in [0.25, 0.3) is 5.91 Å². The van der Waals surface area contributed by atoms with Gasteiger partial charge in [-0.05, 0) is 53.6 Å². The van der Waals surface area contributed by atoms with Crippen LogP contribution in [-0.2, 0) is 6.54 Å². The molecule has 0 saturated heterocycles. The van der Waals surface area contributed by atoms with Crippen molar-refractivity contribution in [1.29, 1.82) is 0 Å². The highest BCUT2D eigenvalue weighted by Gasteiger charge is 2.27. The smallest absolute Gasteiger partial charge is 0.251 e. The number of carbonyl (C=O) groups excluding carboxylic acids is 1. The third kappa shape index (κ3) is 3.20. The van der Waals surface area contributed by atoms with Gasteiger partial charge in [0.2, 0.25) is 0 Å². The zero-order valence-corrected chi connectivity index (χ0v) is 13.2. The molecule has 3 rings (SSSR count). The molecule has 0 atom stereocenters. The Morgan fingerprint density at radius 3 is 3.05 bits per heavy atom. The van der Waals surface area contributed by atoms with Crippen LogP contribution in [0.25, 0.3) is 0 Å². The van der Waals surface area contributed by atoms with Crippen LogP contribution < -0.4 is 5.32 Å². The van der Waals surface area contributed by atoms with Crippen LogP contribution in [-0.4, -0.2) is 22.0 Å². The lowest BCUT2D eigenvalue weighted by atomic mass is 10.2. The normalized spacial score (nSPS) is 14.2. The van der Waals surface area contributed by atoms with Gasteiger partial charge >= 0.3 is 0 Å². The molecule has 0 spiro atoms. The molecule has 0 unspecified atom stereocenters.